The van der Waals surface area contributed by atoms with Gasteiger partial charge in [0.05, 0.1) is 0 Å². The minimum absolute atomic E-state index is 0.0246. The second kappa shape index (κ2) is 4.30. The molecule has 2 heteroatoms. The van der Waals surface area contributed by atoms with Gasteiger partial charge < -0.3 is 0 Å². The first-order valence-electron chi connectivity index (χ1n) is 8.72. The van der Waals surface area contributed by atoms with Crippen LogP contribution in [-0.2, 0) is 9.59 Å². The molecule has 0 radical (unpaired) electrons. The normalized spacial score (nSPS) is 49.2. The number of carbonyl (C=O) groups excluding carboxylic acids is 2. The van der Waals surface area contributed by atoms with Crippen molar-refractivity contribution in [3.8, 4) is 0 Å². The van der Waals surface area contributed by atoms with Gasteiger partial charge in [0, 0.05) is 18.3 Å². The van der Waals surface area contributed by atoms with E-state index in [1.807, 2.05) is 6.08 Å². The molecule has 5 atom stereocenters. The van der Waals surface area contributed by atoms with Crippen LogP contribution in [0.25, 0.3) is 0 Å². The van der Waals surface area contributed by atoms with Gasteiger partial charge in [0.2, 0.25) is 0 Å². The second-order valence-electron chi connectivity index (χ2n) is 8.39. The first kappa shape index (κ1) is 13.7. The van der Waals surface area contributed by atoms with Crippen LogP contribution in [0.5, 0.6) is 0 Å². The van der Waals surface area contributed by atoms with Crippen molar-refractivity contribution < 1.29 is 9.59 Å². The molecule has 2 nitrogen and oxygen atoms in total. The van der Waals surface area contributed by atoms with Gasteiger partial charge >= 0.3 is 0 Å². The van der Waals surface area contributed by atoms with Crippen molar-refractivity contribution in [2.45, 2.75) is 65.2 Å². The Balaban J connectivity index is 1.70. The van der Waals surface area contributed by atoms with E-state index in [9.17, 15) is 9.59 Å². The fourth-order valence-electron chi connectivity index (χ4n) is 6.33. The SMILES string of the molecule is CC12CC[C@@H]3C(CCC4=CC(=O)CC[C@]43C)[C@H]1CCC2=O. The molecule has 0 amide bonds. The number of rotatable bonds is 0. The largest absolute Gasteiger partial charge is 0.299 e. The Kier molecular flexibility index (Phi) is 2.81. The highest BCUT2D eigenvalue weighted by atomic mass is 16.1. The van der Waals surface area contributed by atoms with Gasteiger partial charge in [0.1, 0.15) is 5.78 Å². The maximum Gasteiger partial charge on any atom is 0.155 e. The molecule has 4 aliphatic carbocycles. The number of allylic oxidation sites excluding steroid dienone is 1. The van der Waals surface area contributed by atoms with Crippen LogP contribution in [0.15, 0.2) is 11.6 Å². The van der Waals surface area contributed by atoms with E-state index in [-0.39, 0.29) is 10.8 Å². The molecular formula is C19H26O2. The highest BCUT2D eigenvalue weighted by Gasteiger charge is 2.58. The van der Waals surface area contributed by atoms with Crippen molar-refractivity contribution in [2.24, 2.45) is 28.6 Å². The predicted octanol–water partition coefficient (Wildman–Crippen LogP) is 4.09. The van der Waals surface area contributed by atoms with Gasteiger partial charge in [0.25, 0.3) is 0 Å². The van der Waals surface area contributed by atoms with E-state index >= 15 is 0 Å². The lowest BCUT2D eigenvalue weighted by Crippen LogP contribution is -2.50. The molecule has 3 saturated carbocycles. The molecular weight excluding hydrogens is 260 g/mol. The van der Waals surface area contributed by atoms with Gasteiger partial charge in [-0.25, -0.2) is 0 Å². The average Bonchev–Trinajstić information content (AvgIpc) is 2.76. The summed E-state index contributed by atoms with van der Waals surface area (Å²) in [4.78, 5) is 24.1. The van der Waals surface area contributed by atoms with Crippen LogP contribution in [0.3, 0.4) is 0 Å². The summed E-state index contributed by atoms with van der Waals surface area (Å²) in [6.45, 7) is 4.64. The summed E-state index contributed by atoms with van der Waals surface area (Å²) < 4.78 is 0. The van der Waals surface area contributed by atoms with Gasteiger partial charge in [-0.05, 0) is 67.8 Å². The highest BCUT2D eigenvalue weighted by molar-refractivity contribution is 5.91. The van der Waals surface area contributed by atoms with Crippen LogP contribution >= 0.6 is 0 Å². The van der Waals surface area contributed by atoms with Crippen LogP contribution < -0.4 is 0 Å². The van der Waals surface area contributed by atoms with E-state index < -0.39 is 0 Å². The van der Waals surface area contributed by atoms with Crippen molar-refractivity contribution in [3.05, 3.63) is 11.6 Å². The van der Waals surface area contributed by atoms with Crippen molar-refractivity contribution in [2.75, 3.05) is 0 Å². The molecule has 0 aromatic rings. The standard InChI is InChI=1S/C19H26O2/c1-18-9-7-13(20)11-12(18)3-4-14-15-5-6-17(21)19(15,2)10-8-16(14)18/h11,14-16H,3-10H2,1-2H3/t14?,15-,16-,18-,19?/m1/s1. The molecule has 114 valence electrons. The van der Waals surface area contributed by atoms with Crippen LogP contribution in [0.4, 0.5) is 0 Å². The quantitative estimate of drug-likeness (QED) is 0.672. The third-order valence-corrected chi connectivity index (χ3v) is 7.67. The van der Waals surface area contributed by atoms with Crippen LogP contribution in [0.2, 0.25) is 0 Å². The Labute approximate surface area is 127 Å². The molecule has 0 saturated heterocycles. The summed E-state index contributed by atoms with van der Waals surface area (Å²) in [6.07, 6.45) is 10.2. The summed E-state index contributed by atoms with van der Waals surface area (Å²) in [5.41, 5.74) is 1.64. The third-order valence-electron chi connectivity index (χ3n) is 7.67. The van der Waals surface area contributed by atoms with Crippen molar-refractivity contribution in [3.63, 3.8) is 0 Å². The zero-order chi connectivity index (χ0) is 14.8. The maximum atomic E-state index is 12.4. The number of carbonyl (C=O) groups is 2. The molecule has 21 heavy (non-hydrogen) atoms. The minimum Gasteiger partial charge on any atom is -0.299 e. The lowest BCUT2D eigenvalue weighted by Gasteiger charge is -2.56. The van der Waals surface area contributed by atoms with Crippen LogP contribution in [0, 0.1) is 28.6 Å². The van der Waals surface area contributed by atoms with Crippen LogP contribution in [0.1, 0.15) is 65.2 Å². The Morgan fingerprint density at radius 1 is 0.905 bits per heavy atom. The van der Waals surface area contributed by atoms with Crippen molar-refractivity contribution in [1.29, 1.82) is 0 Å². The van der Waals surface area contributed by atoms with Gasteiger partial charge in [-0.15, -0.1) is 0 Å². The fraction of sp³-hybridized carbons (Fsp3) is 0.789. The predicted molar refractivity (Wildman–Crippen MR) is 81.7 cm³/mol. The lowest BCUT2D eigenvalue weighted by molar-refractivity contribution is -0.132. The Morgan fingerprint density at radius 3 is 2.48 bits per heavy atom. The topological polar surface area (TPSA) is 34.1 Å². The molecule has 4 rings (SSSR count). The molecule has 0 N–H and O–H groups in total. The average molecular weight is 286 g/mol. The molecule has 0 spiro atoms. The first-order chi connectivity index (χ1) is 9.95. The number of fused-ring (bicyclic) bond motifs is 5. The van der Waals surface area contributed by atoms with Gasteiger partial charge in [-0.3, -0.25) is 9.59 Å². The summed E-state index contributed by atoms with van der Waals surface area (Å²) in [7, 11) is 0. The Morgan fingerprint density at radius 2 is 1.67 bits per heavy atom. The molecule has 2 unspecified atom stereocenters. The Bertz CT molecular complexity index is 546. The molecule has 0 aromatic carbocycles. The monoisotopic (exact) mass is 286 g/mol. The van der Waals surface area contributed by atoms with E-state index in [4.69, 9.17) is 0 Å². The zero-order valence-corrected chi connectivity index (χ0v) is 13.3. The van der Waals surface area contributed by atoms with Crippen molar-refractivity contribution in [1.82, 2.24) is 0 Å². The fourth-order valence-corrected chi connectivity index (χ4v) is 6.33. The second-order valence-corrected chi connectivity index (χ2v) is 8.39. The zero-order valence-electron chi connectivity index (χ0n) is 13.3. The summed E-state index contributed by atoms with van der Waals surface area (Å²) >= 11 is 0. The Hall–Kier alpha value is -0.920. The van der Waals surface area contributed by atoms with Gasteiger partial charge in [0.15, 0.2) is 5.78 Å². The first-order valence-corrected chi connectivity index (χ1v) is 8.72. The van der Waals surface area contributed by atoms with Gasteiger partial charge in [-0.1, -0.05) is 19.4 Å². The summed E-state index contributed by atoms with van der Waals surface area (Å²) in [5.74, 6) is 2.88. The number of hydrogen-bond donors (Lipinski definition) is 0. The van der Waals surface area contributed by atoms with Gasteiger partial charge in [-0.2, -0.15) is 0 Å². The highest BCUT2D eigenvalue weighted by Crippen LogP contribution is 2.64. The van der Waals surface area contributed by atoms with E-state index in [2.05, 4.69) is 13.8 Å². The molecule has 4 aliphatic rings. The molecule has 3 fully saturated rings. The molecule has 0 aliphatic heterocycles. The molecule has 0 aromatic heterocycles. The lowest BCUT2D eigenvalue weighted by atomic mass is 9.47. The molecule has 0 bridgehead atoms. The maximum absolute atomic E-state index is 12.4. The van der Waals surface area contributed by atoms with E-state index in [0.29, 0.717) is 29.3 Å². The smallest absolute Gasteiger partial charge is 0.155 e. The summed E-state index contributed by atoms with van der Waals surface area (Å²) in [5, 5.41) is 0. The van der Waals surface area contributed by atoms with Crippen molar-refractivity contribution >= 4 is 11.6 Å². The molecule has 0 heterocycles. The van der Waals surface area contributed by atoms with E-state index in [1.54, 1.807) is 0 Å². The van der Waals surface area contributed by atoms with E-state index in [0.717, 1.165) is 38.5 Å². The number of ketones is 2. The third kappa shape index (κ3) is 1.71. The minimum atomic E-state index is -0.0246. The summed E-state index contributed by atoms with van der Waals surface area (Å²) in [6, 6.07) is 0. The van der Waals surface area contributed by atoms with Crippen LogP contribution in [-0.4, -0.2) is 11.6 Å². The number of Topliss-reactive ketones (excluding diaryl/α,β-unsaturated/α-hetero) is 1. The number of hydrogen-bond acceptors (Lipinski definition) is 2. The van der Waals surface area contributed by atoms with E-state index in [1.165, 1.54) is 18.4 Å².